The third-order valence-corrected chi connectivity index (χ3v) is 4.85. The number of ether oxygens (including phenoxy) is 2. The number of hydrogen-bond acceptors (Lipinski definition) is 5. The van der Waals surface area contributed by atoms with Gasteiger partial charge in [0.25, 0.3) is 5.69 Å². The van der Waals surface area contributed by atoms with Crippen LogP contribution in [0.25, 0.3) is 0 Å². The molecule has 0 heterocycles. The van der Waals surface area contributed by atoms with Crippen molar-refractivity contribution >= 4 is 39.4 Å². The molecule has 0 saturated heterocycles. The molecule has 0 spiro atoms. The zero-order chi connectivity index (χ0) is 20.6. The molecule has 2 aromatic rings. The zero-order valence-electron chi connectivity index (χ0n) is 15.3. The second-order valence-corrected chi connectivity index (χ2v) is 7.70. The quantitative estimate of drug-likeness (QED) is 0.171. The Bertz CT molecular complexity index is 801. The number of hydrogen-bond donors (Lipinski definition) is 0. The summed E-state index contributed by atoms with van der Waals surface area (Å²) in [5.41, 5.74) is 2.13. The third kappa shape index (κ3) is 7.10. The maximum absolute atomic E-state index is 11.4. The highest BCUT2D eigenvalue weighted by molar-refractivity contribution is 9.10. The molecule has 0 aliphatic carbocycles. The molecular weight excluding hydrogens is 452 g/mol. The van der Waals surface area contributed by atoms with E-state index in [1.54, 1.807) is 12.1 Å². The lowest BCUT2D eigenvalue weighted by Gasteiger charge is -2.34. The van der Waals surface area contributed by atoms with E-state index in [9.17, 15) is 14.9 Å². The molecule has 0 radical (unpaired) electrons. The highest BCUT2D eigenvalue weighted by Crippen LogP contribution is 2.21. The van der Waals surface area contributed by atoms with E-state index in [0.29, 0.717) is 24.1 Å². The molecule has 0 aliphatic heterocycles. The van der Waals surface area contributed by atoms with Gasteiger partial charge in [-0.15, -0.1) is 0 Å². The van der Waals surface area contributed by atoms with Gasteiger partial charge in [-0.25, -0.2) is 4.79 Å². The van der Waals surface area contributed by atoms with Gasteiger partial charge in [-0.2, -0.15) is 0 Å². The summed E-state index contributed by atoms with van der Waals surface area (Å²) in [6.07, 6.45) is -0.805. The lowest BCUT2D eigenvalue weighted by Crippen LogP contribution is -2.45. The highest BCUT2D eigenvalue weighted by atomic mass is 79.9. The van der Waals surface area contributed by atoms with Crippen LogP contribution in [-0.2, 0) is 22.6 Å². The molecule has 2 rings (SSSR count). The second-order valence-electron chi connectivity index (χ2n) is 6.56. The molecular formula is C19H21BrClN2O5+. The van der Waals surface area contributed by atoms with Crippen molar-refractivity contribution in [2.75, 3.05) is 26.3 Å². The lowest BCUT2D eigenvalue weighted by molar-refractivity contribution is -0.935. The predicted octanol–water partition coefficient (Wildman–Crippen LogP) is 4.85. The first-order valence-corrected chi connectivity index (χ1v) is 9.81. The number of alkyl halides is 1. The van der Waals surface area contributed by atoms with Gasteiger partial charge in [0.05, 0.1) is 12.0 Å². The molecule has 0 aliphatic rings. The molecule has 0 aromatic heterocycles. The van der Waals surface area contributed by atoms with E-state index in [1.807, 2.05) is 31.3 Å². The SMILES string of the molecule is C[N+](CCOC(=O)OCCl)(Cc1ccc(Br)cc1)Cc1ccc([N+](=O)[O-])cc1. The van der Waals surface area contributed by atoms with Crippen LogP contribution in [0, 0.1) is 10.1 Å². The van der Waals surface area contributed by atoms with E-state index in [1.165, 1.54) is 12.1 Å². The van der Waals surface area contributed by atoms with Crippen LogP contribution in [0.2, 0.25) is 0 Å². The molecule has 0 fully saturated rings. The Morgan fingerprint density at radius 2 is 1.61 bits per heavy atom. The van der Waals surface area contributed by atoms with Crippen LogP contribution >= 0.6 is 27.5 Å². The van der Waals surface area contributed by atoms with Crippen molar-refractivity contribution < 1.29 is 23.7 Å². The van der Waals surface area contributed by atoms with Crippen molar-refractivity contribution in [3.8, 4) is 0 Å². The first-order chi connectivity index (χ1) is 13.3. The second kappa shape index (κ2) is 10.4. The molecule has 150 valence electrons. The number of quaternary nitrogens is 1. The summed E-state index contributed by atoms with van der Waals surface area (Å²) in [6.45, 7) is 2.00. The number of carbonyl (C=O) groups excluding carboxylic acids is 1. The minimum atomic E-state index is -0.805. The number of benzene rings is 2. The average molecular weight is 473 g/mol. The summed E-state index contributed by atoms with van der Waals surface area (Å²) in [5.74, 6) is 0. The van der Waals surface area contributed by atoms with Crippen molar-refractivity contribution in [3.63, 3.8) is 0 Å². The maximum atomic E-state index is 11.4. The zero-order valence-corrected chi connectivity index (χ0v) is 17.7. The topological polar surface area (TPSA) is 78.7 Å². The van der Waals surface area contributed by atoms with Crippen molar-refractivity contribution in [1.82, 2.24) is 0 Å². The van der Waals surface area contributed by atoms with E-state index in [4.69, 9.17) is 16.3 Å². The molecule has 0 N–H and O–H groups in total. The van der Waals surface area contributed by atoms with E-state index >= 15 is 0 Å². The number of nitrogens with zero attached hydrogens (tertiary/aromatic N) is 2. The van der Waals surface area contributed by atoms with Crippen LogP contribution in [0.3, 0.4) is 0 Å². The Balaban J connectivity index is 2.12. The predicted molar refractivity (Wildman–Crippen MR) is 109 cm³/mol. The molecule has 1 unspecified atom stereocenters. The molecule has 1 atom stereocenters. The number of nitro groups is 1. The van der Waals surface area contributed by atoms with E-state index in [0.717, 1.165) is 15.6 Å². The monoisotopic (exact) mass is 471 g/mol. The number of rotatable bonds is 9. The molecule has 28 heavy (non-hydrogen) atoms. The smallest absolute Gasteiger partial charge is 0.428 e. The number of halogens is 2. The van der Waals surface area contributed by atoms with Gasteiger partial charge in [0.1, 0.15) is 26.2 Å². The Labute approximate surface area is 176 Å². The van der Waals surface area contributed by atoms with Crippen molar-refractivity contribution in [3.05, 3.63) is 74.2 Å². The summed E-state index contributed by atoms with van der Waals surface area (Å²) in [7, 11) is 2.04. The van der Waals surface area contributed by atoms with Gasteiger partial charge in [-0.3, -0.25) is 10.1 Å². The number of carbonyl (C=O) groups is 1. The Kier molecular flexibility index (Phi) is 8.22. The summed E-state index contributed by atoms with van der Waals surface area (Å²) >= 11 is 8.78. The maximum Gasteiger partial charge on any atom is 0.509 e. The normalized spacial score (nSPS) is 12.8. The van der Waals surface area contributed by atoms with Crippen LogP contribution in [0.5, 0.6) is 0 Å². The summed E-state index contributed by atoms with van der Waals surface area (Å²) in [4.78, 5) is 21.8. The van der Waals surface area contributed by atoms with Gasteiger partial charge in [0.15, 0.2) is 6.07 Å². The first kappa shape index (κ1) is 22.1. The van der Waals surface area contributed by atoms with Gasteiger partial charge in [0.2, 0.25) is 0 Å². The van der Waals surface area contributed by atoms with Crippen LogP contribution in [0.15, 0.2) is 53.0 Å². The first-order valence-electron chi connectivity index (χ1n) is 8.48. The van der Waals surface area contributed by atoms with Gasteiger partial charge in [-0.05, 0) is 24.3 Å². The number of non-ortho nitro benzene ring substituents is 1. The van der Waals surface area contributed by atoms with Crippen LogP contribution in [0.1, 0.15) is 11.1 Å². The Morgan fingerprint density at radius 1 is 1.07 bits per heavy atom. The summed E-state index contributed by atoms with van der Waals surface area (Å²) in [6, 6.07) is 14.2. The largest absolute Gasteiger partial charge is 0.509 e. The highest BCUT2D eigenvalue weighted by Gasteiger charge is 2.24. The molecule has 2 aromatic carbocycles. The average Bonchev–Trinajstić information content (AvgIpc) is 2.64. The molecule has 0 bridgehead atoms. The minimum absolute atomic E-state index is 0.0537. The fourth-order valence-electron chi connectivity index (χ4n) is 2.84. The van der Waals surface area contributed by atoms with E-state index in [2.05, 4.69) is 20.7 Å². The van der Waals surface area contributed by atoms with Crippen molar-refractivity contribution in [1.29, 1.82) is 0 Å². The molecule has 9 heteroatoms. The van der Waals surface area contributed by atoms with Gasteiger partial charge >= 0.3 is 6.16 Å². The van der Waals surface area contributed by atoms with Gasteiger partial charge < -0.3 is 14.0 Å². The van der Waals surface area contributed by atoms with E-state index in [-0.39, 0.29) is 18.4 Å². The van der Waals surface area contributed by atoms with Crippen LogP contribution in [-0.4, -0.2) is 41.8 Å². The van der Waals surface area contributed by atoms with Crippen LogP contribution in [0.4, 0.5) is 10.5 Å². The fraction of sp³-hybridized carbons (Fsp3) is 0.316. The number of likely N-dealkylation sites (N-methyl/N-ethyl adjacent to an activating group) is 1. The Morgan fingerprint density at radius 3 is 2.11 bits per heavy atom. The number of nitro benzene ring substituents is 1. The summed E-state index contributed by atoms with van der Waals surface area (Å²) in [5, 5.41) is 10.9. The van der Waals surface area contributed by atoms with E-state index < -0.39 is 11.1 Å². The molecule has 0 amide bonds. The fourth-order valence-corrected chi connectivity index (χ4v) is 3.20. The van der Waals surface area contributed by atoms with Crippen molar-refractivity contribution in [2.45, 2.75) is 13.1 Å². The molecule has 0 saturated carbocycles. The van der Waals surface area contributed by atoms with Gasteiger partial charge in [-0.1, -0.05) is 39.7 Å². The Hall–Kier alpha value is -2.16. The van der Waals surface area contributed by atoms with Crippen LogP contribution < -0.4 is 0 Å². The third-order valence-electron chi connectivity index (χ3n) is 4.21. The standard InChI is InChI=1S/C19H21BrClN2O5/c1-23(10-11-27-19(24)28-14-21,12-15-2-6-17(20)7-3-15)13-16-4-8-18(9-5-16)22(25)26/h2-9H,10-14H2,1H3/q+1. The summed E-state index contributed by atoms with van der Waals surface area (Å²) < 4.78 is 11.2. The lowest BCUT2D eigenvalue weighted by atomic mass is 10.1. The molecule has 7 nitrogen and oxygen atoms in total. The van der Waals surface area contributed by atoms with Crippen molar-refractivity contribution in [2.24, 2.45) is 0 Å². The van der Waals surface area contributed by atoms with Gasteiger partial charge in [0, 0.05) is 27.7 Å². The minimum Gasteiger partial charge on any atom is -0.428 e.